The van der Waals surface area contributed by atoms with E-state index in [9.17, 15) is 9.18 Å². The van der Waals surface area contributed by atoms with Gasteiger partial charge in [0.15, 0.2) is 0 Å². The first-order valence-corrected chi connectivity index (χ1v) is 10.3. The maximum atomic E-state index is 13.0. The maximum absolute atomic E-state index is 13.0. The quantitative estimate of drug-likeness (QED) is 0.484. The van der Waals surface area contributed by atoms with Crippen molar-refractivity contribution in [1.29, 1.82) is 0 Å². The molecule has 1 N–H and O–H groups in total. The molecule has 9 nitrogen and oxygen atoms in total. The molecule has 166 valence electrons. The number of para-hydroxylation sites is 1. The van der Waals surface area contributed by atoms with Gasteiger partial charge < -0.3 is 19.5 Å². The third-order valence-electron chi connectivity index (χ3n) is 5.12. The molecule has 0 unspecified atom stereocenters. The number of carbonyl (C=O) groups excluding carboxylic acids is 1. The van der Waals surface area contributed by atoms with Crippen LogP contribution in [-0.2, 0) is 6.54 Å². The topological polar surface area (TPSA) is 106 Å². The van der Waals surface area contributed by atoms with Crippen LogP contribution in [0.1, 0.15) is 5.56 Å². The summed E-state index contributed by atoms with van der Waals surface area (Å²) in [5, 5.41) is 6.80. The molecule has 2 amide bonds. The van der Waals surface area contributed by atoms with Crippen LogP contribution in [0.15, 0.2) is 71.6 Å². The summed E-state index contributed by atoms with van der Waals surface area (Å²) in [5.74, 6) is 0.918. The average molecular weight is 446 g/mol. The van der Waals surface area contributed by atoms with Gasteiger partial charge in [-0.15, -0.1) is 0 Å². The van der Waals surface area contributed by atoms with E-state index in [1.165, 1.54) is 12.1 Å². The van der Waals surface area contributed by atoms with Gasteiger partial charge in [-0.05, 0) is 29.8 Å². The number of aromatic nitrogens is 4. The first kappa shape index (κ1) is 20.6. The van der Waals surface area contributed by atoms with Gasteiger partial charge in [-0.25, -0.2) is 14.2 Å². The lowest BCUT2D eigenvalue weighted by atomic mass is 10.1. The molecular weight excluding hydrogens is 427 g/mol. The maximum Gasteiger partial charge on any atom is 0.317 e. The number of rotatable bonds is 6. The Kier molecular flexibility index (Phi) is 5.62. The molecule has 1 aliphatic rings. The van der Waals surface area contributed by atoms with E-state index in [1.54, 1.807) is 35.6 Å². The number of nitrogens with one attached hydrogen (secondary N) is 1. The lowest BCUT2D eigenvalue weighted by Crippen LogP contribution is -2.58. The van der Waals surface area contributed by atoms with Crippen molar-refractivity contribution >= 4 is 6.03 Å². The van der Waals surface area contributed by atoms with Crippen molar-refractivity contribution in [2.24, 2.45) is 0 Å². The van der Waals surface area contributed by atoms with Gasteiger partial charge in [0.05, 0.1) is 24.8 Å². The normalized spacial score (nSPS) is 13.4. The van der Waals surface area contributed by atoms with Crippen molar-refractivity contribution < 1.29 is 18.4 Å². The minimum absolute atomic E-state index is 0.162. The molecule has 0 saturated carbocycles. The number of carbonyl (C=O) groups is 1. The number of halogens is 1. The van der Waals surface area contributed by atoms with Gasteiger partial charge in [0.25, 0.3) is 5.89 Å². The predicted octanol–water partition coefficient (Wildman–Crippen LogP) is 3.31. The fraction of sp³-hybridized carbons (Fsp3) is 0.174. The first-order valence-electron chi connectivity index (χ1n) is 10.3. The zero-order valence-electron chi connectivity index (χ0n) is 17.4. The van der Waals surface area contributed by atoms with E-state index < -0.39 is 0 Å². The summed E-state index contributed by atoms with van der Waals surface area (Å²) >= 11 is 0. The molecule has 4 aromatic rings. The first-order chi connectivity index (χ1) is 16.2. The Bertz CT molecular complexity index is 1240. The minimum Gasteiger partial charge on any atom is -0.486 e. The van der Waals surface area contributed by atoms with Crippen LogP contribution in [-0.4, -0.2) is 50.2 Å². The molecule has 1 aliphatic heterocycles. The van der Waals surface area contributed by atoms with E-state index in [2.05, 4.69) is 25.4 Å². The summed E-state index contributed by atoms with van der Waals surface area (Å²) in [7, 11) is 0. The molecular formula is C23H19FN6O3. The lowest BCUT2D eigenvalue weighted by Gasteiger charge is -2.39. The Morgan fingerprint density at radius 2 is 1.97 bits per heavy atom. The predicted molar refractivity (Wildman–Crippen MR) is 115 cm³/mol. The van der Waals surface area contributed by atoms with E-state index in [0.29, 0.717) is 48.4 Å². The van der Waals surface area contributed by atoms with Crippen LogP contribution in [0, 0.1) is 5.82 Å². The lowest BCUT2D eigenvalue weighted by molar-refractivity contribution is 0.0446. The Morgan fingerprint density at radius 1 is 1.15 bits per heavy atom. The number of nitrogens with zero attached hydrogens (tertiary/aromatic N) is 5. The van der Waals surface area contributed by atoms with Gasteiger partial charge in [-0.1, -0.05) is 29.4 Å². The number of ether oxygens (including phenoxy) is 1. The number of hydrogen-bond donors (Lipinski definition) is 1. The van der Waals surface area contributed by atoms with Crippen molar-refractivity contribution in [2.75, 3.05) is 13.1 Å². The second kappa shape index (κ2) is 9.03. The molecule has 33 heavy (non-hydrogen) atoms. The summed E-state index contributed by atoms with van der Waals surface area (Å²) in [6, 6.07) is 13.2. The highest BCUT2D eigenvalue weighted by atomic mass is 19.1. The van der Waals surface area contributed by atoms with Crippen molar-refractivity contribution in [3.05, 3.63) is 78.5 Å². The highest BCUT2D eigenvalue weighted by Gasteiger charge is 2.33. The largest absolute Gasteiger partial charge is 0.486 e. The third kappa shape index (κ3) is 4.64. The third-order valence-corrected chi connectivity index (χ3v) is 5.12. The van der Waals surface area contributed by atoms with E-state index >= 15 is 0 Å². The molecule has 1 fully saturated rings. The molecule has 0 aliphatic carbocycles. The molecule has 0 spiro atoms. The Morgan fingerprint density at radius 3 is 2.76 bits per heavy atom. The van der Waals surface area contributed by atoms with Gasteiger partial charge in [-0.2, -0.15) is 4.98 Å². The number of hydrogen-bond acceptors (Lipinski definition) is 7. The molecule has 1 saturated heterocycles. The van der Waals surface area contributed by atoms with Gasteiger partial charge in [0.2, 0.25) is 5.82 Å². The molecule has 0 bridgehead atoms. The van der Waals surface area contributed by atoms with Crippen molar-refractivity contribution in [3.8, 4) is 28.7 Å². The number of amides is 2. The van der Waals surface area contributed by atoms with Crippen molar-refractivity contribution in [3.63, 3.8) is 0 Å². The molecule has 10 heteroatoms. The molecule has 0 radical (unpaired) electrons. The highest BCUT2D eigenvalue weighted by molar-refractivity contribution is 5.75. The van der Waals surface area contributed by atoms with Crippen LogP contribution in [0.5, 0.6) is 5.75 Å². The Labute approximate surface area is 188 Å². The highest BCUT2D eigenvalue weighted by Crippen LogP contribution is 2.31. The van der Waals surface area contributed by atoms with Crippen LogP contribution >= 0.6 is 0 Å². The van der Waals surface area contributed by atoms with Crippen LogP contribution in [0.2, 0.25) is 0 Å². The van der Waals surface area contributed by atoms with E-state index in [4.69, 9.17) is 9.26 Å². The van der Waals surface area contributed by atoms with Crippen LogP contribution < -0.4 is 10.1 Å². The zero-order valence-corrected chi connectivity index (χ0v) is 17.4. The summed E-state index contributed by atoms with van der Waals surface area (Å²) in [6.45, 7) is 1.21. The summed E-state index contributed by atoms with van der Waals surface area (Å²) in [4.78, 5) is 26.6. The van der Waals surface area contributed by atoms with E-state index in [-0.39, 0.29) is 18.0 Å². The fourth-order valence-corrected chi connectivity index (χ4v) is 3.35. The van der Waals surface area contributed by atoms with E-state index in [0.717, 1.165) is 5.56 Å². The SMILES string of the molecule is O=C(NCc1ccc(F)cc1)N1CC(Oc2ccccc2-c2nc(-c3cnccn3)no2)C1. The molecule has 0 atom stereocenters. The molecule has 3 heterocycles. The van der Waals surface area contributed by atoms with E-state index in [1.807, 2.05) is 24.3 Å². The number of urea groups is 1. The minimum atomic E-state index is -0.307. The monoisotopic (exact) mass is 446 g/mol. The van der Waals surface area contributed by atoms with Gasteiger partial charge in [0, 0.05) is 18.9 Å². The zero-order chi connectivity index (χ0) is 22.6. The summed E-state index contributed by atoms with van der Waals surface area (Å²) in [6.07, 6.45) is 4.52. The number of benzene rings is 2. The Hall–Kier alpha value is -4.34. The smallest absolute Gasteiger partial charge is 0.317 e. The van der Waals surface area contributed by atoms with Crippen LogP contribution in [0.4, 0.5) is 9.18 Å². The van der Waals surface area contributed by atoms with Crippen LogP contribution in [0.25, 0.3) is 23.0 Å². The second-order valence-electron chi connectivity index (χ2n) is 7.44. The second-order valence-corrected chi connectivity index (χ2v) is 7.44. The molecule has 5 rings (SSSR count). The van der Waals surface area contributed by atoms with Crippen molar-refractivity contribution in [2.45, 2.75) is 12.6 Å². The summed E-state index contributed by atoms with van der Waals surface area (Å²) in [5.41, 5.74) is 1.99. The standard InChI is InChI=1S/C23H19FN6O3/c24-16-7-5-15(6-8-16)11-27-23(31)30-13-17(14-30)32-20-4-2-1-3-18(20)22-28-21(29-33-22)19-12-25-9-10-26-19/h1-10,12,17H,11,13-14H2,(H,27,31). The molecule has 2 aromatic carbocycles. The van der Waals surface area contributed by atoms with Gasteiger partial charge >= 0.3 is 6.03 Å². The fourth-order valence-electron chi connectivity index (χ4n) is 3.35. The molecule has 2 aromatic heterocycles. The van der Waals surface area contributed by atoms with Gasteiger partial charge in [0.1, 0.15) is 23.4 Å². The Balaban J connectivity index is 1.18. The van der Waals surface area contributed by atoms with Gasteiger partial charge in [-0.3, -0.25) is 4.98 Å². The average Bonchev–Trinajstić information content (AvgIpc) is 3.31. The van der Waals surface area contributed by atoms with Crippen molar-refractivity contribution in [1.82, 2.24) is 30.3 Å². The summed E-state index contributed by atoms with van der Waals surface area (Å²) < 4.78 is 24.5. The number of likely N-dealkylation sites (tertiary alicyclic amines) is 1. The van der Waals surface area contributed by atoms with Crippen LogP contribution in [0.3, 0.4) is 0 Å².